The number of hydrogen-bond donors (Lipinski definition) is 1. The van der Waals surface area contributed by atoms with Gasteiger partial charge in [-0.2, -0.15) is 0 Å². The van der Waals surface area contributed by atoms with Gasteiger partial charge in [-0.3, -0.25) is 4.90 Å². The van der Waals surface area contributed by atoms with E-state index in [9.17, 15) is 0 Å². The van der Waals surface area contributed by atoms with Gasteiger partial charge in [0.05, 0.1) is 0 Å². The predicted octanol–water partition coefficient (Wildman–Crippen LogP) is 3.66. The minimum atomic E-state index is 0.600. The van der Waals surface area contributed by atoms with Gasteiger partial charge in [-0.25, -0.2) is 0 Å². The van der Waals surface area contributed by atoms with E-state index in [4.69, 9.17) is 0 Å². The molecule has 0 heterocycles. The molecule has 1 atom stereocenters. The molecule has 0 radical (unpaired) electrons. The minimum absolute atomic E-state index is 0.600. The van der Waals surface area contributed by atoms with Crippen LogP contribution in [0.1, 0.15) is 66.2 Å². The Bertz CT molecular complexity index is 207. The van der Waals surface area contributed by atoms with Crippen LogP contribution in [0.2, 0.25) is 0 Å². The predicted molar refractivity (Wildman–Crippen MR) is 81.0 cm³/mol. The van der Waals surface area contributed by atoms with Crippen molar-refractivity contribution in [1.82, 2.24) is 10.2 Å². The molecular formula is C16H34N2. The molecule has 2 nitrogen and oxygen atoms in total. The molecule has 0 saturated heterocycles. The maximum absolute atomic E-state index is 3.59. The first kappa shape index (κ1) is 16.0. The number of nitrogens with one attached hydrogen (secondary N) is 1. The van der Waals surface area contributed by atoms with Gasteiger partial charge in [-0.1, -0.05) is 34.1 Å². The first-order valence-electron chi connectivity index (χ1n) is 8.03. The van der Waals surface area contributed by atoms with Crippen LogP contribution >= 0.6 is 0 Å². The third kappa shape index (κ3) is 4.89. The van der Waals surface area contributed by atoms with Gasteiger partial charge >= 0.3 is 0 Å². The molecule has 0 aromatic carbocycles. The molecule has 1 N–H and O–H groups in total. The van der Waals surface area contributed by atoms with Crippen molar-refractivity contribution in [2.75, 3.05) is 13.6 Å². The van der Waals surface area contributed by atoms with Crippen molar-refractivity contribution in [2.24, 2.45) is 5.92 Å². The van der Waals surface area contributed by atoms with Crippen LogP contribution in [0.3, 0.4) is 0 Å². The number of rotatable bonds is 7. The van der Waals surface area contributed by atoms with Crippen LogP contribution in [-0.2, 0) is 0 Å². The average Bonchev–Trinajstić information content (AvgIpc) is 2.39. The van der Waals surface area contributed by atoms with Crippen molar-refractivity contribution < 1.29 is 0 Å². The summed E-state index contributed by atoms with van der Waals surface area (Å²) in [6, 6.07) is 2.13. The van der Waals surface area contributed by atoms with Gasteiger partial charge in [-0.15, -0.1) is 0 Å². The molecule has 1 fully saturated rings. The van der Waals surface area contributed by atoms with Crippen LogP contribution in [0.25, 0.3) is 0 Å². The molecule has 1 saturated carbocycles. The minimum Gasteiger partial charge on any atom is -0.313 e. The highest BCUT2D eigenvalue weighted by atomic mass is 15.2. The number of likely N-dealkylation sites (N-methyl/N-ethyl adjacent to an activating group) is 1. The Balaban J connectivity index is 2.39. The lowest BCUT2D eigenvalue weighted by Crippen LogP contribution is -2.47. The Morgan fingerprint density at radius 2 is 1.72 bits per heavy atom. The molecule has 1 aliphatic carbocycles. The maximum Gasteiger partial charge on any atom is 0.0217 e. The summed E-state index contributed by atoms with van der Waals surface area (Å²) in [6.07, 6.45) is 8.34. The molecule has 0 spiro atoms. The van der Waals surface area contributed by atoms with Crippen LogP contribution in [0.5, 0.6) is 0 Å². The van der Waals surface area contributed by atoms with Crippen LogP contribution < -0.4 is 5.32 Å². The second-order valence-electron chi connectivity index (χ2n) is 6.37. The monoisotopic (exact) mass is 254 g/mol. The normalized spacial score (nSPS) is 26.8. The molecule has 0 aromatic heterocycles. The molecule has 2 heteroatoms. The van der Waals surface area contributed by atoms with Crippen LogP contribution in [0.4, 0.5) is 0 Å². The lowest BCUT2D eigenvalue weighted by Gasteiger charge is -2.39. The first-order chi connectivity index (χ1) is 8.58. The van der Waals surface area contributed by atoms with Gasteiger partial charge < -0.3 is 5.32 Å². The van der Waals surface area contributed by atoms with Crippen molar-refractivity contribution in [3.8, 4) is 0 Å². The average molecular weight is 254 g/mol. The lowest BCUT2D eigenvalue weighted by molar-refractivity contribution is 0.114. The fraction of sp³-hybridized carbons (Fsp3) is 1.00. The molecule has 0 bridgehead atoms. The summed E-state index contributed by atoms with van der Waals surface area (Å²) < 4.78 is 0. The Morgan fingerprint density at radius 3 is 2.17 bits per heavy atom. The third-order valence-electron chi connectivity index (χ3n) is 4.78. The van der Waals surface area contributed by atoms with E-state index in [1.807, 2.05) is 0 Å². The third-order valence-corrected chi connectivity index (χ3v) is 4.78. The van der Waals surface area contributed by atoms with Crippen molar-refractivity contribution in [2.45, 2.75) is 84.3 Å². The summed E-state index contributed by atoms with van der Waals surface area (Å²) >= 11 is 0. The molecular weight excluding hydrogens is 220 g/mol. The highest BCUT2D eigenvalue weighted by Gasteiger charge is 2.26. The summed E-state index contributed by atoms with van der Waals surface area (Å²) in [5.41, 5.74) is 0. The van der Waals surface area contributed by atoms with Gasteiger partial charge in [0.15, 0.2) is 0 Å². The summed E-state index contributed by atoms with van der Waals surface area (Å²) in [7, 11) is 2.34. The van der Waals surface area contributed by atoms with Gasteiger partial charge in [0, 0.05) is 24.7 Å². The smallest absolute Gasteiger partial charge is 0.0217 e. The zero-order valence-electron chi connectivity index (χ0n) is 13.2. The van der Waals surface area contributed by atoms with E-state index in [0.717, 1.165) is 18.5 Å². The SMILES string of the molecule is CCC1CCC(N(C)C(CC)CNC(C)C)CC1. The van der Waals surface area contributed by atoms with Crippen LogP contribution in [-0.4, -0.2) is 36.6 Å². The number of hydrogen-bond acceptors (Lipinski definition) is 2. The van der Waals surface area contributed by atoms with Crippen molar-refractivity contribution in [1.29, 1.82) is 0 Å². The topological polar surface area (TPSA) is 15.3 Å². The van der Waals surface area contributed by atoms with Crippen molar-refractivity contribution >= 4 is 0 Å². The molecule has 1 rings (SSSR count). The van der Waals surface area contributed by atoms with Crippen LogP contribution in [0, 0.1) is 5.92 Å². The quantitative estimate of drug-likeness (QED) is 0.746. The van der Waals surface area contributed by atoms with Crippen LogP contribution in [0.15, 0.2) is 0 Å². The fourth-order valence-electron chi connectivity index (χ4n) is 3.21. The van der Waals surface area contributed by atoms with E-state index in [1.54, 1.807) is 0 Å². The van der Waals surface area contributed by atoms with E-state index in [-0.39, 0.29) is 0 Å². The van der Waals surface area contributed by atoms with Crippen molar-refractivity contribution in [3.05, 3.63) is 0 Å². The summed E-state index contributed by atoms with van der Waals surface area (Å²) in [5.74, 6) is 1.00. The first-order valence-corrected chi connectivity index (χ1v) is 8.03. The summed E-state index contributed by atoms with van der Waals surface area (Å²) in [4.78, 5) is 2.65. The molecule has 18 heavy (non-hydrogen) atoms. The summed E-state index contributed by atoms with van der Waals surface area (Å²) in [5, 5.41) is 3.59. The standard InChI is InChI=1S/C16H34N2/c1-6-14-8-10-16(11-9-14)18(5)15(7-2)12-17-13(3)4/h13-17H,6-12H2,1-5H3. The van der Waals surface area contributed by atoms with E-state index in [2.05, 4.69) is 45.0 Å². The largest absolute Gasteiger partial charge is 0.313 e. The van der Waals surface area contributed by atoms with E-state index in [1.165, 1.54) is 38.5 Å². The highest BCUT2D eigenvalue weighted by Crippen LogP contribution is 2.29. The Kier molecular flexibility index (Phi) is 7.25. The highest BCUT2D eigenvalue weighted by molar-refractivity contribution is 4.82. The summed E-state index contributed by atoms with van der Waals surface area (Å²) in [6.45, 7) is 10.3. The van der Waals surface area contributed by atoms with Gasteiger partial charge in [0.25, 0.3) is 0 Å². The molecule has 1 unspecified atom stereocenters. The van der Waals surface area contributed by atoms with Gasteiger partial charge in [-0.05, 0) is 45.1 Å². The maximum atomic E-state index is 3.59. The van der Waals surface area contributed by atoms with E-state index >= 15 is 0 Å². The second kappa shape index (κ2) is 8.16. The Morgan fingerprint density at radius 1 is 1.11 bits per heavy atom. The molecule has 1 aliphatic rings. The van der Waals surface area contributed by atoms with Crippen molar-refractivity contribution in [3.63, 3.8) is 0 Å². The Labute approximate surface area is 115 Å². The molecule has 0 amide bonds. The van der Waals surface area contributed by atoms with Gasteiger partial charge in [0.1, 0.15) is 0 Å². The zero-order valence-corrected chi connectivity index (χ0v) is 13.2. The molecule has 108 valence electrons. The molecule has 0 aromatic rings. The van der Waals surface area contributed by atoms with Gasteiger partial charge in [0.2, 0.25) is 0 Å². The lowest BCUT2D eigenvalue weighted by atomic mass is 9.83. The second-order valence-corrected chi connectivity index (χ2v) is 6.37. The molecule has 0 aliphatic heterocycles. The van der Waals surface area contributed by atoms with E-state index < -0.39 is 0 Å². The van der Waals surface area contributed by atoms with E-state index in [0.29, 0.717) is 12.1 Å². The Hall–Kier alpha value is -0.0800. The number of nitrogens with zero attached hydrogens (tertiary/aromatic N) is 1. The zero-order chi connectivity index (χ0) is 13.5. The fourth-order valence-corrected chi connectivity index (χ4v) is 3.21.